The van der Waals surface area contributed by atoms with Crippen molar-refractivity contribution in [3.8, 4) is 0 Å². The third kappa shape index (κ3) is 2.96. The molecule has 0 aliphatic heterocycles. The van der Waals surface area contributed by atoms with Gasteiger partial charge in [0, 0.05) is 0 Å². The summed E-state index contributed by atoms with van der Waals surface area (Å²) in [7, 11) is 0. The highest BCUT2D eigenvalue weighted by atomic mass is 16.3. The summed E-state index contributed by atoms with van der Waals surface area (Å²) >= 11 is 0. The van der Waals surface area contributed by atoms with E-state index in [1.54, 1.807) is 5.57 Å². The number of hydrogen-bond donors (Lipinski definition) is 2. The Kier molecular flexibility index (Phi) is 5.19. The van der Waals surface area contributed by atoms with Crippen molar-refractivity contribution in [3.05, 3.63) is 11.6 Å². The average Bonchev–Trinajstić information content (AvgIpc) is 2.86. The maximum Gasteiger partial charge on any atom is 0.0594 e. The van der Waals surface area contributed by atoms with Gasteiger partial charge in [-0.1, -0.05) is 60.1 Å². The molecule has 9 atom stereocenters. The van der Waals surface area contributed by atoms with Crippen molar-refractivity contribution >= 4 is 0 Å². The van der Waals surface area contributed by atoms with Crippen LogP contribution in [0.3, 0.4) is 0 Å². The highest BCUT2D eigenvalue weighted by Gasteiger charge is 2.62. The Labute approximate surface area is 197 Å². The van der Waals surface area contributed by atoms with Crippen LogP contribution in [-0.2, 0) is 0 Å². The lowest BCUT2D eigenvalue weighted by atomic mass is 9.42. The van der Waals surface area contributed by atoms with Crippen LogP contribution < -0.4 is 0 Å². The van der Waals surface area contributed by atoms with Gasteiger partial charge in [0.15, 0.2) is 0 Å². The van der Waals surface area contributed by atoms with Crippen molar-refractivity contribution < 1.29 is 10.2 Å². The minimum atomic E-state index is -0.146. The van der Waals surface area contributed by atoms with E-state index < -0.39 is 0 Å². The van der Waals surface area contributed by atoms with E-state index in [1.165, 1.54) is 51.4 Å². The van der Waals surface area contributed by atoms with E-state index in [0.29, 0.717) is 34.0 Å². The van der Waals surface area contributed by atoms with Gasteiger partial charge in [0.1, 0.15) is 0 Å². The van der Waals surface area contributed by atoms with E-state index in [4.69, 9.17) is 0 Å². The third-order valence-corrected chi connectivity index (χ3v) is 12.8. The summed E-state index contributed by atoms with van der Waals surface area (Å²) in [6, 6.07) is 0. The highest BCUT2D eigenvalue weighted by molar-refractivity contribution is 5.26. The van der Waals surface area contributed by atoms with Crippen LogP contribution >= 0.6 is 0 Å². The van der Waals surface area contributed by atoms with Crippen LogP contribution in [0.25, 0.3) is 0 Å². The van der Waals surface area contributed by atoms with E-state index >= 15 is 0 Å². The van der Waals surface area contributed by atoms with Crippen molar-refractivity contribution in [2.75, 3.05) is 0 Å². The monoisotopic (exact) mass is 442 g/mol. The van der Waals surface area contributed by atoms with Gasteiger partial charge in [0.25, 0.3) is 0 Å². The molecular weight excluding hydrogens is 392 g/mol. The fraction of sp³-hybridized carbons (Fsp3) is 0.933. The zero-order valence-electron chi connectivity index (χ0n) is 22.0. The van der Waals surface area contributed by atoms with Crippen molar-refractivity contribution in [2.24, 2.45) is 50.7 Å². The summed E-state index contributed by atoms with van der Waals surface area (Å²) in [6.07, 6.45) is 14.6. The topological polar surface area (TPSA) is 40.5 Å². The Morgan fingerprint density at radius 2 is 1.19 bits per heavy atom. The molecule has 0 saturated heterocycles. The lowest BCUT2D eigenvalue weighted by Gasteiger charge is -2.63. The van der Waals surface area contributed by atoms with Crippen molar-refractivity contribution in [1.29, 1.82) is 0 Å². The number of aliphatic hydroxyl groups excluding tert-OH is 2. The Balaban J connectivity index is 1.51. The predicted molar refractivity (Wildman–Crippen MR) is 132 cm³/mol. The van der Waals surface area contributed by atoms with Crippen LogP contribution in [0.5, 0.6) is 0 Å². The zero-order chi connectivity index (χ0) is 23.3. The van der Waals surface area contributed by atoms with E-state index in [1.807, 2.05) is 0 Å². The van der Waals surface area contributed by atoms with Crippen LogP contribution in [0.4, 0.5) is 0 Å². The number of hydrogen-bond acceptors (Lipinski definition) is 2. The van der Waals surface area contributed by atoms with Crippen LogP contribution in [0.15, 0.2) is 11.6 Å². The molecule has 2 N–H and O–H groups in total. The van der Waals surface area contributed by atoms with Gasteiger partial charge < -0.3 is 10.2 Å². The molecule has 5 rings (SSSR count). The second-order valence-corrected chi connectivity index (χ2v) is 14.9. The Bertz CT molecular complexity index is 795. The fourth-order valence-corrected chi connectivity index (χ4v) is 11.0. The molecule has 5 aliphatic carbocycles. The van der Waals surface area contributed by atoms with Crippen molar-refractivity contribution in [3.63, 3.8) is 0 Å². The van der Waals surface area contributed by atoms with Crippen molar-refractivity contribution in [2.45, 2.75) is 125 Å². The molecule has 0 aromatic rings. The quantitative estimate of drug-likeness (QED) is 0.391. The molecule has 0 heterocycles. The molecule has 0 bridgehead atoms. The van der Waals surface area contributed by atoms with Gasteiger partial charge in [0.2, 0.25) is 0 Å². The van der Waals surface area contributed by atoms with Crippen LogP contribution in [-0.4, -0.2) is 22.4 Å². The molecule has 0 radical (unpaired) electrons. The first-order valence-corrected chi connectivity index (χ1v) is 13.8. The summed E-state index contributed by atoms with van der Waals surface area (Å²) in [6.45, 7) is 17.2. The molecule has 0 aromatic carbocycles. The normalized spacial score (nSPS) is 54.2. The molecule has 32 heavy (non-hydrogen) atoms. The maximum atomic E-state index is 10.9. The number of rotatable bonds is 0. The molecule has 2 nitrogen and oxygen atoms in total. The fourth-order valence-electron chi connectivity index (χ4n) is 11.0. The SMILES string of the molecule is CC1(C)[C@H](O)CC[C@]2(C)[C@H]3CC[C@H]4C(=C[C@]3(C)CC[C@@H]12)CC[C@H]1C(C)(C)[C@H](O)CC[C@]41C. The first-order valence-electron chi connectivity index (χ1n) is 13.8. The smallest absolute Gasteiger partial charge is 0.0594 e. The second kappa shape index (κ2) is 7.09. The Hall–Kier alpha value is -0.340. The van der Waals surface area contributed by atoms with Gasteiger partial charge in [-0.2, -0.15) is 0 Å². The van der Waals surface area contributed by atoms with Gasteiger partial charge in [-0.15, -0.1) is 0 Å². The van der Waals surface area contributed by atoms with Gasteiger partial charge in [-0.05, 0) is 115 Å². The third-order valence-electron chi connectivity index (χ3n) is 12.8. The zero-order valence-corrected chi connectivity index (χ0v) is 22.0. The predicted octanol–water partition coefficient (Wildman–Crippen LogP) is 7.14. The van der Waals surface area contributed by atoms with E-state index in [-0.39, 0.29) is 23.0 Å². The standard InChI is InChI=1S/C30H50O2/c1-26(2)21-10-8-19-18-28(5)15-12-22-27(3,4)25(32)14-17-30(22,7)23(28)11-9-20(19)29(21,6)16-13-24(26)31/h18,20-25,31-32H,8-17H2,1-7H3/t20-,21-,22-,23-,24+,25+,28-,29+,30-/m0/s1. The summed E-state index contributed by atoms with van der Waals surface area (Å²) in [5.41, 5.74) is 2.81. The minimum Gasteiger partial charge on any atom is -0.393 e. The average molecular weight is 443 g/mol. The van der Waals surface area contributed by atoms with Crippen LogP contribution in [0, 0.1) is 50.7 Å². The molecule has 5 aliphatic rings. The van der Waals surface area contributed by atoms with Gasteiger partial charge >= 0.3 is 0 Å². The first-order chi connectivity index (χ1) is 14.8. The van der Waals surface area contributed by atoms with E-state index in [0.717, 1.165) is 18.8 Å². The summed E-state index contributed by atoms with van der Waals surface area (Å²) < 4.78 is 0. The first kappa shape index (κ1) is 23.4. The lowest BCUT2D eigenvalue weighted by Crippen LogP contribution is -2.58. The Morgan fingerprint density at radius 1 is 0.625 bits per heavy atom. The van der Waals surface area contributed by atoms with Gasteiger partial charge in [0.05, 0.1) is 12.2 Å². The number of allylic oxidation sites excluding steroid dienone is 2. The molecule has 4 saturated carbocycles. The summed E-state index contributed by atoms with van der Waals surface area (Å²) in [5.74, 6) is 2.67. The molecular formula is C30H50O2. The summed E-state index contributed by atoms with van der Waals surface area (Å²) in [5, 5.41) is 21.7. The molecule has 0 spiro atoms. The highest BCUT2D eigenvalue weighted by Crippen LogP contribution is 2.69. The number of aliphatic hydroxyl groups is 2. The molecule has 2 heteroatoms. The largest absolute Gasteiger partial charge is 0.393 e. The minimum absolute atomic E-state index is 0.0289. The molecule has 0 unspecified atom stereocenters. The van der Waals surface area contributed by atoms with E-state index in [9.17, 15) is 10.2 Å². The van der Waals surface area contributed by atoms with Gasteiger partial charge in [-0.3, -0.25) is 0 Å². The molecule has 0 amide bonds. The van der Waals surface area contributed by atoms with Crippen molar-refractivity contribution in [1.82, 2.24) is 0 Å². The second-order valence-electron chi connectivity index (χ2n) is 14.9. The van der Waals surface area contributed by atoms with Crippen LogP contribution in [0.1, 0.15) is 113 Å². The molecule has 182 valence electrons. The lowest BCUT2D eigenvalue weighted by molar-refractivity contribution is -0.163. The molecule has 0 aromatic heterocycles. The molecule has 4 fully saturated rings. The number of fused-ring (bicyclic) bond motifs is 6. The van der Waals surface area contributed by atoms with E-state index in [2.05, 4.69) is 54.5 Å². The Morgan fingerprint density at radius 3 is 1.81 bits per heavy atom. The van der Waals surface area contributed by atoms with Crippen LogP contribution in [0.2, 0.25) is 0 Å². The van der Waals surface area contributed by atoms with Gasteiger partial charge in [-0.25, -0.2) is 0 Å². The summed E-state index contributed by atoms with van der Waals surface area (Å²) in [4.78, 5) is 0. The maximum absolute atomic E-state index is 10.9.